The fraction of sp³-hybridized carbons (Fsp3) is 0.889. The first kappa shape index (κ1) is 12.8. The molecule has 13 heavy (non-hydrogen) atoms. The number of rotatable bonds is 7. The highest BCUT2D eigenvalue weighted by atomic mass is 32.2. The zero-order valence-electron chi connectivity index (χ0n) is 8.72. The molecule has 0 aromatic rings. The van der Waals surface area contributed by atoms with Gasteiger partial charge in [0.2, 0.25) is 5.91 Å². The number of nitrogens with one attached hydrogen (secondary N) is 2. The molecule has 0 fully saturated rings. The molecule has 0 radical (unpaired) electrons. The number of thioether (sulfide) groups is 1. The van der Waals surface area contributed by atoms with Gasteiger partial charge in [0, 0.05) is 24.8 Å². The lowest BCUT2D eigenvalue weighted by Gasteiger charge is -2.12. The highest BCUT2D eigenvalue weighted by Gasteiger charge is 2.05. The van der Waals surface area contributed by atoms with E-state index < -0.39 is 0 Å². The van der Waals surface area contributed by atoms with Crippen molar-refractivity contribution in [3.8, 4) is 0 Å². The van der Waals surface area contributed by atoms with E-state index in [0.29, 0.717) is 6.42 Å². The molecule has 78 valence electrons. The first-order valence-corrected chi connectivity index (χ1v) is 5.87. The van der Waals surface area contributed by atoms with Crippen LogP contribution < -0.4 is 10.6 Å². The minimum absolute atomic E-state index is 0.138. The van der Waals surface area contributed by atoms with Gasteiger partial charge in [0.15, 0.2) is 0 Å². The summed E-state index contributed by atoms with van der Waals surface area (Å²) in [6.45, 7) is 4.92. The third-order valence-electron chi connectivity index (χ3n) is 1.58. The maximum absolute atomic E-state index is 11.2. The lowest BCUT2D eigenvalue weighted by atomic mass is 10.3. The van der Waals surface area contributed by atoms with Gasteiger partial charge in [0.05, 0.1) is 0 Å². The molecule has 0 aromatic heterocycles. The van der Waals surface area contributed by atoms with E-state index >= 15 is 0 Å². The largest absolute Gasteiger partial charge is 0.353 e. The van der Waals surface area contributed by atoms with Crippen LogP contribution >= 0.6 is 11.8 Å². The standard InChI is InChI=1S/C9H20N2OS/c1-4-13-7-8(2)11-9(12)5-6-10-3/h8,10H,4-7H2,1-3H3,(H,11,12). The average molecular weight is 204 g/mol. The Morgan fingerprint density at radius 2 is 2.23 bits per heavy atom. The second-order valence-electron chi connectivity index (χ2n) is 2.98. The van der Waals surface area contributed by atoms with Gasteiger partial charge in [-0.3, -0.25) is 4.79 Å². The van der Waals surface area contributed by atoms with Crippen molar-refractivity contribution in [2.24, 2.45) is 0 Å². The molecule has 0 aliphatic carbocycles. The van der Waals surface area contributed by atoms with Crippen LogP contribution in [0.1, 0.15) is 20.3 Å². The van der Waals surface area contributed by atoms with Crippen LogP contribution in [-0.4, -0.2) is 37.0 Å². The molecule has 1 amide bonds. The molecule has 0 aliphatic rings. The molecule has 0 heterocycles. The Hall–Kier alpha value is -0.220. The van der Waals surface area contributed by atoms with Gasteiger partial charge in [-0.2, -0.15) is 11.8 Å². The molecule has 0 saturated carbocycles. The smallest absolute Gasteiger partial charge is 0.221 e. The monoisotopic (exact) mass is 204 g/mol. The van der Waals surface area contributed by atoms with Crippen LogP contribution in [0.5, 0.6) is 0 Å². The second kappa shape index (κ2) is 8.38. The summed E-state index contributed by atoms with van der Waals surface area (Å²) in [7, 11) is 1.85. The van der Waals surface area contributed by atoms with E-state index in [4.69, 9.17) is 0 Å². The Balaban J connectivity index is 3.41. The number of hydrogen-bond acceptors (Lipinski definition) is 3. The Morgan fingerprint density at radius 3 is 2.77 bits per heavy atom. The molecule has 4 heteroatoms. The molecule has 0 aromatic carbocycles. The van der Waals surface area contributed by atoms with E-state index in [0.717, 1.165) is 18.1 Å². The van der Waals surface area contributed by atoms with E-state index in [-0.39, 0.29) is 11.9 Å². The molecule has 0 rings (SSSR count). The molecule has 0 bridgehead atoms. The lowest BCUT2D eigenvalue weighted by Crippen LogP contribution is -2.35. The van der Waals surface area contributed by atoms with Crippen LogP contribution in [0.2, 0.25) is 0 Å². The van der Waals surface area contributed by atoms with Crippen molar-refractivity contribution in [1.82, 2.24) is 10.6 Å². The summed E-state index contributed by atoms with van der Waals surface area (Å²) in [5.41, 5.74) is 0. The van der Waals surface area contributed by atoms with Gasteiger partial charge >= 0.3 is 0 Å². The first-order chi connectivity index (χ1) is 6.20. The summed E-state index contributed by atoms with van der Waals surface area (Å²) >= 11 is 1.85. The van der Waals surface area contributed by atoms with Gasteiger partial charge in [0.25, 0.3) is 0 Å². The van der Waals surface area contributed by atoms with Gasteiger partial charge < -0.3 is 10.6 Å². The minimum atomic E-state index is 0.138. The van der Waals surface area contributed by atoms with Gasteiger partial charge in [-0.05, 0) is 19.7 Å². The molecule has 0 spiro atoms. The Bertz CT molecular complexity index is 142. The second-order valence-corrected chi connectivity index (χ2v) is 4.30. The topological polar surface area (TPSA) is 41.1 Å². The molecule has 2 N–H and O–H groups in total. The Kier molecular flexibility index (Phi) is 8.24. The molecule has 0 saturated heterocycles. The van der Waals surface area contributed by atoms with Crippen LogP contribution in [0.15, 0.2) is 0 Å². The molecule has 1 unspecified atom stereocenters. The van der Waals surface area contributed by atoms with Crippen LogP contribution in [0.3, 0.4) is 0 Å². The van der Waals surface area contributed by atoms with Crippen molar-refractivity contribution in [2.45, 2.75) is 26.3 Å². The summed E-state index contributed by atoms with van der Waals surface area (Å²) in [4.78, 5) is 11.2. The normalized spacial score (nSPS) is 12.5. The summed E-state index contributed by atoms with van der Waals surface area (Å²) < 4.78 is 0. The zero-order chi connectivity index (χ0) is 10.1. The molecule has 3 nitrogen and oxygen atoms in total. The summed E-state index contributed by atoms with van der Waals surface area (Å²) in [6.07, 6.45) is 0.567. The van der Waals surface area contributed by atoms with Gasteiger partial charge in [-0.1, -0.05) is 6.92 Å². The van der Waals surface area contributed by atoms with Crippen molar-refractivity contribution in [3.05, 3.63) is 0 Å². The quantitative estimate of drug-likeness (QED) is 0.646. The van der Waals surface area contributed by atoms with E-state index in [1.807, 2.05) is 25.7 Å². The molecular formula is C9H20N2OS. The lowest BCUT2D eigenvalue weighted by molar-refractivity contribution is -0.121. The highest BCUT2D eigenvalue weighted by molar-refractivity contribution is 7.99. The molecule has 0 aliphatic heterocycles. The first-order valence-electron chi connectivity index (χ1n) is 4.72. The van der Waals surface area contributed by atoms with E-state index in [2.05, 4.69) is 17.6 Å². The van der Waals surface area contributed by atoms with Crippen molar-refractivity contribution in [2.75, 3.05) is 25.1 Å². The van der Waals surface area contributed by atoms with Crippen LogP contribution in [-0.2, 0) is 4.79 Å². The van der Waals surface area contributed by atoms with Crippen molar-refractivity contribution >= 4 is 17.7 Å². The molecule has 1 atom stereocenters. The summed E-state index contributed by atoms with van der Waals surface area (Å²) in [5, 5.41) is 5.90. The third-order valence-corrected chi connectivity index (χ3v) is 2.73. The predicted molar refractivity (Wildman–Crippen MR) is 59.1 cm³/mol. The summed E-state index contributed by atoms with van der Waals surface area (Å²) in [6, 6.07) is 0.286. The fourth-order valence-electron chi connectivity index (χ4n) is 0.922. The fourth-order valence-corrected chi connectivity index (χ4v) is 1.59. The van der Waals surface area contributed by atoms with E-state index in [9.17, 15) is 4.79 Å². The van der Waals surface area contributed by atoms with E-state index in [1.165, 1.54) is 0 Å². The Labute approximate surface area is 85.0 Å². The SMILES string of the molecule is CCSCC(C)NC(=O)CCNC. The van der Waals surface area contributed by atoms with E-state index in [1.54, 1.807) is 0 Å². The van der Waals surface area contributed by atoms with Gasteiger partial charge in [0.1, 0.15) is 0 Å². The van der Waals surface area contributed by atoms with Crippen molar-refractivity contribution in [1.29, 1.82) is 0 Å². The number of carbonyl (C=O) groups is 1. The Morgan fingerprint density at radius 1 is 1.54 bits per heavy atom. The van der Waals surface area contributed by atoms with Gasteiger partial charge in [-0.15, -0.1) is 0 Å². The molecular weight excluding hydrogens is 184 g/mol. The summed E-state index contributed by atoms with van der Waals surface area (Å²) in [5.74, 6) is 2.25. The number of hydrogen-bond donors (Lipinski definition) is 2. The maximum atomic E-state index is 11.2. The van der Waals surface area contributed by atoms with Crippen LogP contribution in [0.4, 0.5) is 0 Å². The number of carbonyl (C=O) groups excluding carboxylic acids is 1. The number of amides is 1. The van der Waals surface area contributed by atoms with Crippen molar-refractivity contribution in [3.63, 3.8) is 0 Å². The predicted octanol–water partition coefficient (Wildman–Crippen LogP) is 0.854. The maximum Gasteiger partial charge on any atom is 0.221 e. The van der Waals surface area contributed by atoms with Crippen LogP contribution in [0.25, 0.3) is 0 Å². The van der Waals surface area contributed by atoms with Crippen LogP contribution in [0, 0.1) is 0 Å². The minimum Gasteiger partial charge on any atom is -0.353 e. The third kappa shape index (κ3) is 8.12. The highest BCUT2D eigenvalue weighted by Crippen LogP contribution is 2.01. The zero-order valence-corrected chi connectivity index (χ0v) is 9.54. The average Bonchev–Trinajstić information content (AvgIpc) is 2.11. The van der Waals surface area contributed by atoms with Crippen molar-refractivity contribution < 1.29 is 4.79 Å². The van der Waals surface area contributed by atoms with Gasteiger partial charge in [-0.25, -0.2) is 0 Å².